The molecule has 0 spiro atoms. The standard InChI is InChI=1S/C14H9Br2Cl2FO/c1-20-14-10(5-8(17)6-11(14)16)13(18)9-4-7(15)2-3-12(9)19/h2-6,13H,1H3. The summed E-state index contributed by atoms with van der Waals surface area (Å²) in [5, 5.41) is -0.217. The third kappa shape index (κ3) is 3.30. The molecule has 0 heterocycles. The predicted molar refractivity (Wildman–Crippen MR) is 87.5 cm³/mol. The van der Waals surface area contributed by atoms with Gasteiger partial charge in [0.05, 0.1) is 17.0 Å². The molecule has 0 amide bonds. The fourth-order valence-electron chi connectivity index (χ4n) is 1.86. The lowest BCUT2D eigenvalue weighted by atomic mass is 10.0. The summed E-state index contributed by atoms with van der Waals surface area (Å²) in [4.78, 5) is 0. The van der Waals surface area contributed by atoms with Crippen molar-refractivity contribution >= 4 is 55.1 Å². The lowest BCUT2D eigenvalue weighted by Gasteiger charge is -2.17. The minimum Gasteiger partial charge on any atom is -0.495 e. The zero-order valence-electron chi connectivity index (χ0n) is 10.3. The predicted octanol–water partition coefficient (Wildman–Crippen LogP) is 6.34. The van der Waals surface area contributed by atoms with Crippen molar-refractivity contribution in [3.8, 4) is 5.75 Å². The van der Waals surface area contributed by atoms with Gasteiger partial charge in [0.25, 0.3) is 0 Å². The van der Waals surface area contributed by atoms with E-state index >= 15 is 0 Å². The monoisotopic (exact) mass is 440 g/mol. The molecule has 20 heavy (non-hydrogen) atoms. The van der Waals surface area contributed by atoms with Gasteiger partial charge in [-0.25, -0.2) is 4.39 Å². The molecule has 0 aliphatic carbocycles. The van der Waals surface area contributed by atoms with E-state index < -0.39 is 5.38 Å². The molecular formula is C14H9Br2Cl2FO. The summed E-state index contributed by atoms with van der Waals surface area (Å²) in [5.41, 5.74) is 0.957. The molecule has 0 aliphatic rings. The van der Waals surface area contributed by atoms with E-state index in [2.05, 4.69) is 31.9 Å². The van der Waals surface area contributed by atoms with E-state index in [0.717, 1.165) is 4.47 Å². The first kappa shape index (κ1) is 16.1. The Bertz CT molecular complexity index is 649. The van der Waals surface area contributed by atoms with Crippen LogP contribution in [0.4, 0.5) is 4.39 Å². The number of benzene rings is 2. The Morgan fingerprint density at radius 3 is 2.50 bits per heavy atom. The SMILES string of the molecule is COc1c(Br)cc(Cl)cc1C(Cl)c1cc(Br)ccc1F. The van der Waals surface area contributed by atoms with Crippen LogP contribution in [0.15, 0.2) is 39.3 Å². The zero-order valence-corrected chi connectivity index (χ0v) is 14.9. The highest BCUT2D eigenvalue weighted by atomic mass is 79.9. The van der Waals surface area contributed by atoms with Gasteiger partial charge in [0, 0.05) is 20.6 Å². The van der Waals surface area contributed by atoms with Gasteiger partial charge in [-0.2, -0.15) is 0 Å². The molecule has 1 nitrogen and oxygen atoms in total. The number of hydrogen-bond donors (Lipinski definition) is 0. The van der Waals surface area contributed by atoms with Gasteiger partial charge in [-0.05, 0) is 46.3 Å². The number of alkyl halides is 1. The topological polar surface area (TPSA) is 9.23 Å². The summed E-state index contributed by atoms with van der Waals surface area (Å²) < 4.78 is 20.7. The largest absolute Gasteiger partial charge is 0.495 e. The maximum atomic E-state index is 14.0. The Morgan fingerprint density at radius 1 is 1.15 bits per heavy atom. The van der Waals surface area contributed by atoms with Gasteiger partial charge in [-0.15, -0.1) is 11.6 Å². The van der Waals surface area contributed by atoms with Crippen LogP contribution in [0.2, 0.25) is 5.02 Å². The number of rotatable bonds is 3. The minimum absolute atomic E-state index is 0.355. The van der Waals surface area contributed by atoms with E-state index in [1.807, 2.05) is 0 Å². The van der Waals surface area contributed by atoms with Crippen molar-refractivity contribution in [3.05, 3.63) is 61.2 Å². The van der Waals surface area contributed by atoms with Crippen molar-refractivity contribution in [2.75, 3.05) is 7.11 Å². The molecule has 0 bridgehead atoms. The first-order valence-corrected chi connectivity index (χ1v) is 7.96. The fraction of sp³-hybridized carbons (Fsp3) is 0.143. The lowest BCUT2D eigenvalue weighted by Crippen LogP contribution is -2.01. The number of methoxy groups -OCH3 is 1. The molecular weight excluding hydrogens is 434 g/mol. The van der Waals surface area contributed by atoms with E-state index in [1.165, 1.54) is 13.2 Å². The van der Waals surface area contributed by atoms with Crippen molar-refractivity contribution in [2.24, 2.45) is 0 Å². The summed E-state index contributed by atoms with van der Waals surface area (Å²) in [5.74, 6) is 0.153. The molecule has 0 saturated heterocycles. The second kappa shape index (κ2) is 6.65. The molecule has 0 aromatic heterocycles. The molecule has 2 rings (SSSR count). The van der Waals surface area contributed by atoms with Crippen molar-refractivity contribution in [1.82, 2.24) is 0 Å². The molecule has 1 atom stereocenters. The Labute approximate surface area is 143 Å². The van der Waals surface area contributed by atoms with E-state index in [0.29, 0.717) is 26.4 Å². The average molecular weight is 443 g/mol. The lowest BCUT2D eigenvalue weighted by molar-refractivity contribution is 0.407. The van der Waals surface area contributed by atoms with Crippen LogP contribution in [-0.4, -0.2) is 7.11 Å². The molecule has 1 unspecified atom stereocenters. The van der Waals surface area contributed by atoms with Crippen LogP contribution in [-0.2, 0) is 0 Å². The average Bonchev–Trinajstić information content (AvgIpc) is 2.40. The summed E-state index contributed by atoms with van der Waals surface area (Å²) >= 11 is 19.1. The molecule has 0 aliphatic heterocycles. The molecule has 2 aromatic rings. The number of hydrogen-bond acceptors (Lipinski definition) is 1. The number of halogens is 5. The highest BCUT2D eigenvalue weighted by Gasteiger charge is 2.21. The second-order valence-corrected chi connectivity index (χ2v) is 6.68. The van der Waals surface area contributed by atoms with Gasteiger partial charge in [-0.1, -0.05) is 27.5 Å². The van der Waals surface area contributed by atoms with Crippen LogP contribution >= 0.6 is 55.1 Å². The third-order valence-corrected chi connectivity index (χ3v) is 4.52. The van der Waals surface area contributed by atoms with Crippen LogP contribution in [0, 0.1) is 5.82 Å². The van der Waals surface area contributed by atoms with E-state index in [9.17, 15) is 4.39 Å². The Kier molecular flexibility index (Phi) is 5.35. The normalized spacial score (nSPS) is 12.3. The maximum absolute atomic E-state index is 14.0. The second-order valence-electron chi connectivity index (χ2n) is 4.04. The van der Waals surface area contributed by atoms with Gasteiger partial charge in [0.15, 0.2) is 0 Å². The van der Waals surface area contributed by atoms with Gasteiger partial charge in [-0.3, -0.25) is 0 Å². The first-order chi connectivity index (χ1) is 9.43. The van der Waals surface area contributed by atoms with Crippen LogP contribution in [0.3, 0.4) is 0 Å². The summed E-state index contributed by atoms with van der Waals surface area (Å²) in [6, 6.07) is 7.99. The van der Waals surface area contributed by atoms with Crippen molar-refractivity contribution in [2.45, 2.75) is 5.38 Å². The Morgan fingerprint density at radius 2 is 1.85 bits per heavy atom. The molecule has 0 N–H and O–H groups in total. The smallest absolute Gasteiger partial charge is 0.138 e. The van der Waals surface area contributed by atoms with Gasteiger partial charge >= 0.3 is 0 Å². The van der Waals surface area contributed by atoms with Crippen LogP contribution in [0.25, 0.3) is 0 Å². The van der Waals surface area contributed by atoms with Gasteiger partial charge in [0.1, 0.15) is 11.6 Å². The van der Waals surface area contributed by atoms with Gasteiger partial charge < -0.3 is 4.74 Å². The van der Waals surface area contributed by atoms with Gasteiger partial charge in [0.2, 0.25) is 0 Å². The van der Waals surface area contributed by atoms with E-state index in [4.69, 9.17) is 27.9 Å². The summed E-state index contributed by atoms with van der Waals surface area (Å²) in [6.07, 6.45) is 0. The quantitative estimate of drug-likeness (QED) is 0.504. The Balaban J connectivity index is 2.58. The van der Waals surface area contributed by atoms with Crippen LogP contribution < -0.4 is 4.74 Å². The van der Waals surface area contributed by atoms with Crippen molar-refractivity contribution in [1.29, 1.82) is 0 Å². The summed E-state index contributed by atoms with van der Waals surface area (Å²) in [6.45, 7) is 0. The number of ether oxygens (including phenoxy) is 1. The van der Waals surface area contributed by atoms with E-state index in [-0.39, 0.29) is 5.82 Å². The highest BCUT2D eigenvalue weighted by Crippen LogP contribution is 2.42. The zero-order chi connectivity index (χ0) is 14.9. The van der Waals surface area contributed by atoms with Crippen LogP contribution in [0.1, 0.15) is 16.5 Å². The molecule has 0 fully saturated rings. The Hall–Kier alpha value is -0.290. The van der Waals surface area contributed by atoms with Crippen molar-refractivity contribution in [3.63, 3.8) is 0 Å². The van der Waals surface area contributed by atoms with Crippen LogP contribution in [0.5, 0.6) is 5.75 Å². The third-order valence-electron chi connectivity index (χ3n) is 2.75. The summed E-state index contributed by atoms with van der Waals surface area (Å²) in [7, 11) is 1.53. The molecule has 0 saturated carbocycles. The van der Waals surface area contributed by atoms with E-state index in [1.54, 1.807) is 24.3 Å². The maximum Gasteiger partial charge on any atom is 0.138 e. The minimum atomic E-state index is -0.711. The van der Waals surface area contributed by atoms with Crippen molar-refractivity contribution < 1.29 is 9.13 Å². The molecule has 106 valence electrons. The first-order valence-electron chi connectivity index (χ1n) is 5.56. The fourth-order valence-corrected chi connectivity index (χ4v) is 3.56. The highest BCUT2D eigenvalue weighted by molar-refractivity contribution is 9.10. The molecule has 2 aromatic carbocycles. The molecule has 0 radical (unpaired) electrons. The molecule has 6 heteroatoms.